The lowest BCUT2D eigenvalue weighted by molar-refractivity contribution is 0.0697. The van der Waals surface area contributed by atoms with Gasteiger partial charge < -0.3 is 14.8 Å². The summed E-state index contributed by atoms with van der Waals surface area (Å²) in [5, 5.41) is 29.1. The summed E-state index contributed by atoms with van der Waals surface area (Å²) in [4.78, 5) is 11.3. The Balaban J connectivity index is 1.76. The van der Waals surface area contributed by atoms with Gasteiger partial charge in [0.25, 0.3) is 0 Å². The summed E-state index contributed by atoms with van der Waals surface area (Å²) in [5.74, 6) is -1.01. The monoisotopic (exact) mass is 332 g/mol. The number of carboxylic acid groups (broad SMARTS) is 1. The second-order valence-corrected chi connectivity index (χ2v) is 5.77. The van der Waals surface area contributed by atoms with Gasteiger partial charge in [0, 0.05) is 5.39 Å². The van der Waals surface area contributed by atoms with E-state index in [1.54, 1.807) is 18.2 Å². The topological polar surface area (TPSA) is 91.5 Å². The lowest BCUT2D eigenvalue weighted by Gasteiger charge is -2.04. The number of hydrogen-bond donors (Lipinski definition) is 2. The third-order valence-corrected chi connectivity index (χ3v) is 4.15. The van der Waals surface area contributed by atoms with E-state index in [0.717, 1.165) is 16.3 Å². The van der Waals surface area contributed by atoms with Crippen LogP contribution >= 0.6 is 0 Å². The van der Waals surface area contributed by atoms with Crippen molar-refractivity contribution in [3.63, 3.8) is 0 Å². The number of carboxylic acids is 1. The van der Waals surface area contributed by atoms with Crippen molar-refractivity contribution >= 4 is 40.7 Å². The Bertz CT molecular complexity index is 1020. The van der Waals surface area contributed by atoms with Gasteiger partial charge in [-0.05, 0) is 40.7 Å². The van der Waals surface area contributed by atoms with Crippen molar-refractivity contribution in [2.45, 2.75) is 6.61 Å². The highest BCUT2D eigenvalue weighted by Crippen LogP contribution is 2.29. The van der Waals surface area contributed by atoms with Gasteiger partial charge >= 0.3 is 13.1 Å². The summed E-state index contributed by atoms with van der Waals surface area (Å²) in [6.45, 7) is 0.374. The molecule has 3 aromatic rings. The number of nitrogens with zero attached hydrogens (tertiary/aromatic N) is 2. The SMILES string of the molecule is O=C(O)c1cc(N=Nc2ccc3c(c2)B(O)OC3)c2ccccc2c1. The van der Waals surface area contributed by atoms with Gasteiger partial charge in [-0.25, -0.2) is 4.79 Å². The van der Waals surface area contributed by atoms with E-state index >= 15 is 0 Å². The number of fused-ring (bicyclic) bond motifs is 2. The Morgan fingerprint density at radius 2 is 1.92 bits per heavy atom. The predicted molar refractivity (Wildman–Crippen MR) is 93.9 cm³/mol. The van der Waals surface area contributed by atoms with E-state index in [9.17, 15) is 14.9 Å². The first kappa shape index (κ1) is 15.5. The molecule has 0 aromatic heterocycles. The molecular formula is C18H13BN2O4. The molecule has 0 spiro atoms. The number of carbonyl (C=O) groups is 1. The fourth-order valence-electron chi connectivity index (χ4n) is 2.87. The lowest BCUT2D eigenvalue weighted by atomic mass is 9.79. The zero-order valence-corrected chi connectivity index (χ0v) is 13.1. The molecule has 0 radical (unpaired) electrons. The molecule has 0 bridgehead atoms. The Morgan fingerprint density at radius 3 is 2.76 bits per heavy atom. The molecule has 0 unspecified atom stereocenters. The molecule has 3 aromatic carbocycles. The number of benzene rings is 3. The normalized spacial score (nSPS) is 13.6. The minimum absolute atomic E-state index is 0.158. The van der Waals surface area contributed by atoms with E-state index in [-0.39, 0.29) is 5.56 Å². The second-order valence-electron chi connectivity index (χ2n) is 5.77. The highest BCUT2D eigenvalue weighted by atomic mass is 16.5. The highest BCUT2D eigenvalue weighted by molar-refractivity contribution is 6.61. The van der Waals surface area contributed by atoms with Crippen LogP contribution in [0.15, 0.2) is 64.8 Å². The molecule has 25 heavy (non-hydrogen) atoms. The largest absolute Gasteiger partial charge is 0.491 e. The number of azo groups is 1. The summed E-state index contributed by atoms with van der Waals surface area (Å²) < 4.78 is 5.16. The molecule has 4 rings (SSSR count). The van der Waals surface area contributed by atoms with Crippen molar-refractivity contribution in [1.29, 1.82) is 0 Å². The molecule has 0 atom stereocenters. The van der Waals surface area contributed by atoms with Gasteiger partial charge in [0.05, 0.1) is 23.5 Å². The van der Waals surface area contributed by atoms with Crippen molar-refractivity contribution < 1.29 is 19.6 Å². The maximum absolute atomic E-state index is 11.3. The van der Waals surface area contributed by atoms with E-state index in [4.69, 9.17) is 4.65 Å². The van der Waals surface area contributed by atoms with Gasteiger partial charge in [0.2, 0.25) is 0 Å². The van der Waals surface area contributed by atoms with Gasteiger partial charge in [0.15, 0.2) is 0 Å². The average molecular weight is 332 g/mol. The highest BCUT2D eigenvalue weighted by Gasteiger charge is 2.27. The van der Waals surface area contributed by atoms with E-state index in [1.807, 2.05) is 30.3 Å². The van der Waals surface area contributed by atoms with Crippen LogP contribution in [-0.2, 0) is 11.3 Å². The molecule has 0 saturated heterocycles. The van der Waals surface area contributed by atoms with Gasteiger partial charge in [-0.2, -0.15) is 5.11 Å². The molecule has 1 aliphatic heterocycles. The summed E-state index contributed by atoms with van der Waals surface area (Å²) >= 11 is 0. The quantitative estimate of drug-likeness (QED) is 0.569. The Hall–Kier alpha value is -3.03. The molecule has 7 heteroatoms. The van der Waals surface area contributed by atoms with Gasteiger partial charge in [-0.1, -0.05) is 30.3 Å². The predicted octanol–water partition coefficient (Wildman–Crippen LogP) is 3.17. The van der Waals surface area contributed by atoms with Crippen molar-refractivity contribution in [3.05, 3.63) is 65.7 Å². The zero-order chi connectivity index (χ0) is 17.4. The summed E-state index contributed by atoms with van der Waals surface area (Å²) in [5.41, 5.74) is 2.80. The molecule has 0 aliphatic carbocycles. The second kappa shape index (κ2) is 6.12. The van der Waals surface area contributed by atoms with E-state index in [1.165, 1.54) is 6.07 Å². The summed E-state index contributed by atoms with van der Waals surface area (Å²) in [7, 11) is -0.943. The minimum Gasteiger partial charge on any atom is -0.478 e. The van der Waals surface area contributed by atoms with Crippen LogP contribution in [0.5, 0.6) is 0 Å². The fraction of sp³-hybridized carbons (Fsp3) is 0.0556. The third kappa shape index (κ3) is 2.91. The van der Waals surface area contributed by atoms with Crippen molar-refractivity contribution in [2.24, 2.45) is 10.2 Å². The Morgan fingerprint density at radius 1 is 1.08 bits per heavy atom. The smallest absolute Gasteiger partial charge is 0.478 e. The maximum atomic E-state index is 11.3. The molecular weight excluding hydrogens is 319 g/mol. The molecule has 1 aliphatic rings. The summed E-state index contributed by atoms with van der Waals surface area (Å²) in [6.07, 6.45) is 0. The van der Waals surface area contributed by atoms with Crippen LogP contribution in [-0.4, -0.2) is 23.2 Å². The molecule has 0 amide bonds. The lowest BCUT2D eigenvalue weighted by Crippen LogP contribution is -2.27. The van der Waals surface area contributed by atoms with Crippen molar-refractivity contribution in [3.8, 4) is 0 Å². The molecule has 0 fully saturated rings. The number of aromatic carboxylic acids is 1. The van der Waals surface area contributed by atoms with Crippen LogP contribution in [0.2, 0.25) is 0 Å². The van der Waals surface area contributed by atoms with Crippen LogP contribution in [0.4, 0.5) is 11.4 Å². The third-order valence-electron chi connectivity index (χ3n) is 4.15. The minimum atomic E-state index is -1.01. The maximum Gasteiger partial charge on any atom is 0.491 e. The first-order chi connectivity index (χ1) is 12.1. The molecule has 6 nitrogen and oxygen atoms in total. The number of rotatable bonds is 3. The van der Waals surface area contributed by atoms with Gasteiger partial charge in [0.1, 0.15) is 0 Å². The number of hydrogen-bond acceptors (Lipinski definition) is 5. The molecule has 2 N–H and O–H groups in total. The molecule has 122 valence electrons. The van der Waals surface area contributed by atoms with Gasteiger partial charge in [-0.3, -0.25) is 0 Å². The van der Waals surface area contributed by atoms with E-state index < -0.39 is 13.1 Å². The summed E-state index contributed by atoms with van der Waals surface area (Å²) in [6, 6.07) is 15.9. The first-order valence-corrected chi connectivity index (χ1v) is 7.72. The standard InChI is InChI=1S/C18H13BN2O4/c22-18(23)13-7-11-3-1-2-4-15(11)17(8-13)21-20-14-6-5-12-10-25-19(24)16(12)9-14/h1-9,24H,10H2,(H,22,23). The van der Waals surface area contributed by atoms with Crippen LogP contribution < -0.4 is 5.46 Å². The van der Waals surface area contributed by atoms with E-state index in [2.05, 4.69) is 10.2 Å². The van der Waals surface area contributed by atoms with Crippen molar-refractivity contribution in [2.75, 3.05) is 0 Å². The first-order valence-electron chi connectivity index (χ1n) is 7.72. The Kier molecular flexibility index (Phi) is 3.80. The zero-order valence-electron chi connectivity index (χ0n) is 13.1. The molecule has 0 saturated carbocycles. The average Bonchev–Trinajstić information content (AvgIpc) is 3.00. The van der Waals surface area contributed by atoms with Gasteiger partial charge in [-0.15, -0.1) is 5.11 Å². The fourth-order valence-corrected chi connectivity index (χ4v) is 2.87. The van der Waals surface area contributed by atoms with Crippen LogP contribution in [0.3, 0.4) is 0 Å². The van der Waals surface area contributed by atoms with E-state index in [0.29, 0.717) is 23.4 Å². The van der Waals surface area contributed by atoms with Crippen molar-refractivity contribution in [1.82, 2.24) is 0 Å². The van der Waals surface area contributed by atoms with Crippen LogP contribution in [0.1, 0.15) is 15.9 Å². The molecule has 1 heterocycles. The van der Waals surface area contributed by atoms with Crippen LogP contribution in [0, 0.1) is 0 Å². The Labute approximate surface area is 143 Å². The van der Waals surface area contributed by atoms with Crippen LogP contribution in [0.25, 0.3) is 10.8 Å².